The molecule has 5 nitrogen and oxygen atoms in total. The largest absolute Gasteiger partial charge is 0.369 e. The molecule has 1 unspecified atom stereocenters. The lowest BCUT2D eigenvalue weighted by molar-refractivity contribution is 0.263. The van der Waals surface area contributed by atoms with E-state index in [4.69, 9.17) is 4.98 Å². The molecule has 1 N–H and O–H groups in total. The number of piperazine rings is 1. The van der Waals surface area contributed by atoms with Crippen LogP contribution in [0.5, 0.6) is 0 Å². The summed E-state index contributed by atoms with van der Waals surface area (Å²) in [6, 6.07) is 20.9. The highest BCUT2D eigenvalue weighted by Gasteiger charge is 2.19. The summed E-state index contributed by atoms with van der Waals surface area (Å²) in [6.45, 7) is 9.19. The quantitative estimate of drug-likeness (QED) is 0.404. The number of fused-ring (bicyclic) bond motifs is 1. The minimum absolute atomic E-state index is 0.483. The fourth-order valence-corrected chi connectivity index (χ4v) is 5.61. The molecule has 0 bridgehead atoms. The van der Waals surface area contributed by atoms with Crippen LogP contribution < -0.4 is 4.90 Å². The zero-order valence-corrected chi connectivity index (χ0v) is 20.9. The Kier molecular flexibility index (Phi) is 6.05. The number of likely N-dealkylation sites (N-methyl/N-ethyl adjacent to an activating group) is 1. The highest BCUT2D eigenvalue weighted by atomic mass is 15.2. The van der Waals surface area contributed by atoms with Crippen LogP contribution in [0.1, 0.15) is 31.4 Å². The number of pyridine rings is 1. The fraction of sp³-hybridized carbons (Fsp3) is 0.367. The molecule has 0 saturated carbocycles. The van der Waals surface area contributed by atoms with E-state index in [-0.39, 0.29) is 0 Å². The monoisotopic (exact) mass is 465 g/mol. The van der Waals surface area contributed by atoms with Gasteiger partial charge in [-0.15, -0.1) is 0 Å². The van der Waals surface area contributed by atoms with Gasteiger partial charge in [-0.05, 0) is 74.8 Å². The van der Waals surface area contributed by atoms with Gasteiger partial charge >= 0.3 is 0 Å². The predicted octanol–water partition coefficient (Wildman–Crippen LogP) is 5.81. The average molecular weight is 466 g/mol. The number of benzene rings is 2. The average Bonchev–Trinajstić information content (AvgIpc) is 3.59. The first-order chi connectivity index (χ1) is 17.2. The zero-order chi connectivity index (χ0) is 23.8. The van der Waals surface area contributed by atoms with Gasteiger partial charge in [-0.25, -0.2) is 4.98 Å². The maximum absolute atomic E-state index is 4.74. The lowest BCUT2D eigenvalue weighted by atomic mass is 9.99. The van der Waals surface area contributed by atoms with Crippen LogP contribution in [0, 0.1) is 0 Å². The van der Waals surface area contributed by atoms with Gasteiger partial charge in [0.15, 0.2) is 0 Å². The summed E-state index contributed by atoms with van der Waals surface area (Å²) in [5.74, 6) is 0. The smallest absolute Gasteiger partial charge is 0.137 e. The number of hydrogen-bond donors (Lipinski definition) is 1. The minimum atomic E-state index is 0.483. The van der Waals surface area contributed by atoms with Crippen molar-refractivity contribution in [2.75, 3.05) is 51.2 Å². The Hall–Kier alpha value is -3.15. The molecular formula is C30H35N5. The van der Waals surface area contributed by atoms with Crippen molar-refractivity contribution in [1.82, 2.24) is 19.8 Å². The van der Waals surface area contributed by atoms with Crippen LogP contribution in [0.4, 0.5) is 5.69 Å². The molecule has 5 heteroatoms. The molecule has 2 fully saturated rings. The van der Waals surface area contributed by atoms with Crippen molar-refractivity contribution in [3.05, 3.63) is 72.6 Å². The standard InChI is InChI=1S/C30H35N5/c1-22(34-13-3-4-14-34)23-5-7-25(8-6-23)29-21-32-30-28(29)19-26(20-31-30)24-9-11-27(12-10-24)35-17-15-33(2)16-18-35/h5-12,19-22H,3-4,13-18H2,1-2H3,(H,31,32). The Morgan fingerprint density at radius 1 is 0.800 bits per heavy atom. The molecule has 2 aromatic heterocycles. The topological polar surface area (TPSA) is 38.4 Å². The van der Waals surface area contributed by atoms with Crippen LogP contribution in [-0.4, -0.2) is 66.1 Å². The van der Waals surface area contributed by atoms with Gasteiger partial charge in [-0.1, -0.05) is 36.4 Å². The summed E-state index contributed by atoms with van der Waals surface area (Å²) < 4.78 is 0. The first-order valence-corrected chi connectivity index (χ1v) is 13.0. The van der Waals surface area contributed by atoms with Crippen LogP contribution in [0.3, 0.4) is 0 Å². The molecule has 2 aliphatic heterocycles. The third-order valence-corrected chi connectivity index (χ3v) is 7.99. The fourth-order valence-electron chi connectivity index (χ4n) is 5.61. The van der Waals surface area contributed by atoms with Gasteiger partial charge in [-0.2, -0.15) is 0 Å². The van der Waals surface area contributed by atoms with Crippen molar-refractivity contribution in [1.29, 1.82) is 0 Å². The van der Waals surface area contributed by atoms with Crippen molar-refractivity contribution < 1.29 is 0 Å². The summed E-state index contributed by atoms with van der Waals surface area (Å²) in [5, 5.41) is 1.17. The highest BCUT2D eigenvalue weighted by Crippen LogP contribution is 2.33. The van der Waals surface area contributed by atoms with E-state index >= 15 is 0 Å². The maximum Gasteiger partial charge on any atom is 0.137 e. The molecule has 0 aliphatic carbocycles. The Balaban J connectivity index is 1.24. The molecule has 1 atom stereocenters. The summed E-state index contributed by atoms with van der Waals surface area (Å²) in [5.41, 5.74) is 8.45. The van der Waals surface area contributed by atoms with E-state index in [1.165, 1.54) is 59.3 Å². The van der Waals surface area contributed by atoms with Crippen LogP contribution in [0.25, 0.3) is 33.3 Å². The Morgan fingerprint density at radius 3 is 2.20 bits per heavy atom. The van der Waals surface area contributed by atoms with E-state index in [1.54, 1.807) is 0 Å². The number of anilines is 1. The summed E-state index contributed by atoms with van der Waals surface area (Å²) in [4.78, 5) is 15.6. The van der Waals surface area contributed by atoms with Crippen molar-refractivity contribution in [3.8, 4) is 22.3 Å². The molecule has 2 aromatic carbocycles. The molecule has 0 amide bonds. The minimum Gasteiger partial charge on any atom is -0.369 e. The number of aromatic amines is 1. The zero-order valence-electron chi connectivity index (χ0n) is 20.9. The summed E-state index contributed by atoms with van der Waals surface area (Å²) in [7, 11) is 2.20. The summed E-state index contributed by atoms with van der Waals surface area (Å²) >= 11 is 0. The molecule has 2 saturated heterocycles. The number of rotatable bonds is 5. The van der Waals surface area contributed by atoms with Gasteiger partial charge in [0.2, 0.25) is 0 Å². The van der Waals surface area contributed by atoms with Gasteiger partial charge < -0.3 is 14.8 Å². The number of aromatic nitrogens is 2. The first kappa shape index (κ1) is 22.3. The van der Waals surface area contributed by atoms with Crippen LogP contribution in [-0.2, 0) is 0 Å². The van der Waals surface area contributed by atoms with Crippen molar-refractivity contribution in [2.24, 2.45) is 0 Å². The number of H-pyrrole nitrogens is 1. The molecule has 2 aliphatic rings. The second-order valence-corrected chi connectivity index (χ2v) is 10.2. The van der Waals surface area contributed by atoms with Crippen molar-refractivity contribution in [2.45, 2.75) is 25.8 Å². The molecular weight excluding hydrogens is 430 g/mol. The lowest BCUT2D eigenvalue weighted by Gasteiger charge is -2.34. The normalized spacial score (nSPS) is 18.4. The van der Waals surface area contributed by atoms with Gasteiger partial charge in [0.05, 0.1) is 0 Å². The number of hydrogen-bond acceptors (Lipinski definition) is 4. The Bertz CT molecular complexity index is 1280. The SMILES string of the molecule is CC(c1ccc(-c2c[nH]c3ncc(-c4ccc(N5CCN(C)CC5)cc4)cc23)cc1)N1CCCC1. The molecule has 4 aromatic rings. The predicted molar refractivity (Wildman–Crippen MR) is 146 cm³/mol. The van der Waals surface area contributed by atoms with Crippen LogP contribution in [0.2, 0.25) is 0 Å². The molecule has 0 radical (unpaired) electrons. The lowest BCUT2D eigenvalue weighted by Crippen LogP contribution is -2.44. The highest BCUT2D eigenvalue weighted by molar-refractivity contribution is 5.95. The van der Waals surface area contributed by atoms with E-state index in [1.807, 2.05) is 6.20 Å². The van der Waals surface area contributed by atoms with Crippen LogP contribution >= 0.6 is 0 Å². The Morgan fingerprint density at radius 2 is 1.49 bits per heavy atom. The molecule has 35 heavy (non-hydrogen) atoms. The molecule has 6 rings (SSSR count). The van der Waals surface area contributed by atoms with Gasteiger partial charge in [0.1, 0.15) is 5.65 Å². The van der Waals surface area contributed by atoms with Gasteiger partial charge in [-0.3, -0.25) is 4.90 Å². The van der Waals surface area contributed by atoms with Crippen molar-refractivity contribution in [3.63, 3.8) is 0 Å². The van der Waals surface area contributed by atoms with Gasteiger partial charge in [0, 0.05) is 66.8 Å². The van der Waals surface area contributed by atoms with Crippen LogP contribution in [0.15, 0.2) is 67.0 Å². The maximum atomic E-state index is 4.74. The molecule has 4 heterocycles. The van der Waals surface area contributed by atoms with E-state index in [2.05, 4.69) is 94.4 Å². The van der Waals surface area contributed by atoms with E-state index in [9.17, 15) is 0 Å². The first-order valence-electron chi connectivity index (χ1n) is 13.0. The molecule has 0 spiro atoms. The third kappa shape index (κ3) is 4.46. The number of nitrogens with one attached hydrogen (secondary N) is 1. The van der Waals surface area contributed by atoms with Gasteiger partial charge in [0.25, 0.3) is 0 Å². The second kappa shape index (κ2) is 9.48. The molecule has 180 valence electrons. The number of likely N-dealkylation sites (tertiary alicyclic amines) is 1. The Labute approximate surface area is 208 Å². The second-order valence-electron chi connectivity index (χ2n) is 10.2. The number of nitrogens with zero attached hydrogens (tertiary/aromatic N) is 4. The van der Waals surface area contributed by atoms with E-state index in [0.29, 0.717) is 6.04 Å². The van der Waals surface area contributed by atoms with E-state index in [0.717, 1.165) is 37.4 Å². The van der Waals surface area contributed by atoms with Crippen molar-refractivity contribution >= 4 is 16.7 Å². The van der Waals surface area contributed by atoms with E-state index < -0.39 is 0 Å². The summed E-state index contributed by atoms with van der Waals surface area (Å²) in [6.07, 6.45) is 6.72. The third-order valence-electron chi connectivity index (χ3n) is 7.99.